The summed E-state index contributed by atoms with van der Waals surface area (Å²) in [5.74, 6) is 1.24. The van der Waals surface area contributed by atoms with E-state index in [1.54, 1.807) is 37.3 Å². The zero-order valence-electron chi connectivity index (χ0n) is 16.7. The summed E-state index contributed by atoms with van der Waals surface area (Å²) in [6.45, 7) is 3.60. The van der Waals surface area contributed by atoms with Gasteiger partial charge in [0, 0.05) is 29.3 Å². The number of nitrogens with one attached hydrogen (secondary N) is 3. The lowest BCUT2D eigenvalue weighted by Crippen LogP contribution is -2.48. The molecular formula is C21H19N3O6S. The molecule has 1 aliphatic heterocycles. The number of thiocarbonyl (C=S) groups is 1. The molecule has 1 atom stereocenters. The number of benzene rings is 2. The summed E-state index contributed by atoms with van der Waals surface area (Å²) in [6.07, 6.45) is -0.798. The summed E-state index contributed by atoms with van der Waals surface area (Å²) in [5.41, 5.74) is 6.53. The molecule has 31 heavy (non-hydrogen) atoms. The van der Waals surface area contributed by atoms with Gasteiger partial charge >= 0.3 is 5.63 Å². The molecule has 0 radical (unpaired) electrons. The molecule has 3 aromatic rings. The van der Waals surface area contributed by atoms with Crippen molar-refractivity contribution in [1.82, 2.24) is 10.9 Å². The second kappa shape index (κ2) is 8.52. The molecule has 0 bridgehead atoms. The van der Waals surface area contributed by atoms with Gasteiger partial charge in [-0.25, -0.2) is 4.79 Å². The molecule has 0 aliphatic carbocycles. The van der Waals surface area contributed by atoms with Crippen molar-refractivity contribution in [2.45, 2.75) is 20.0 Å². The Morgan fingerprint density at radius 3 is 2.74 bits per heavy atom. The van der Waals surface area contributed by atoms with Gasteiger partial charge in [0.25, 0.3) is 5.91 Å². The first-order valence-corrected chi connectivity index (χ1v) is 9.77. The molecule has 160 valence electrons. The Labute approximate surface area is 182 Å². The lowest BCUT2D eigenvalue weighted by atomic mass is 10.1. The Morgan fingerprint density at radius 1 is 1.10 bits per heavy atom. The van der Waals surface area contributed by atoms with Gasteiger partial charge < -0.3 is 23.9 Å². The molecule has 0 saturated carbocycles. The zero-order valence-corrected chi connectivity index (χ0v) is 17.5. The van der Waals surface area contributed by atoms with Gasteiger partial charge in [-0.15, -0.1) is 0 Å². The maximum absolute atomic E-state index is 12.3. The highest BCUT2D eigenvalue weighted by Crippen LogP contribution is 2.35. The molecule has 1 amide bonds. The number of aryl methyl sites for hydroxylation is 1. The predicted molar refractivity (Wildman–Crippen MR) is 117 cm³/mol. The Morgan fingerprint density at radius 2 is 1.90 bits per heavy atom. The first kappa shape index (κ1) is 20.5. The van der Waals surface area contributed by atoms with Crippen LogP contribution in [0, 0.1) is 6.92 Å². The monoisotopic (exact) mass is 441 g/mol. The number of carbonyl (C=O) groups excluding carboxylic acids is 1. The fourth-order valence-electron chi connectivity index (χ4n) is 2.99. The van der Waals surface area contributed by atoms with Gasteiger partial charge in [-0.2, -0.15) is 0 Å². The molecule has 1 unspecified atom stereocenters. The lowest BCUT2D eigenvalue weighted by Gasteiger charge is -2.17. The number of fused-ring (bicyclic) bond motifs is 2. The number of amides is 1. The van der Waals surface area contributed by atoms with Crippen LogP contribution in [0.4, 0.5) is 5.69 Å². The molecule has 10 heteroatoms. The van der Waals surface area contributed by atoms with E-state index in [1.165, 1.54) is 6.07 Å². The van der Waals surface area contributed by atoms with E-state index in [-0.39, 0.29) is 11.9 Å². The fraction of sp³-hybridized carbons (Fsp3) is 0.190. The molecule has 3 N–H and O–H groups in total. The van der Waals surface area contributed by atoms with E-state index >= 15 is 0 Å². The lowest BCUT2D eigenvalue weighted by molar-refractivity contribution is -0.127. The Balaban J connectivity index is 1.31. The average Bonchev–Trinajstić information content (AvgIpc) is 3.19. The van der Waals surface area contributed by atoms with Crippen molar-refractivity contribution >= 4 is 39.9 Å². The summed E-state index contributed by atoms with van der Waals surface area (Å²) in [4.78, 5) is 23.9. The van der Waals surface area contributed by atoms with Crippen LogP contribution in [-0.4, -0.2) is 23.9 Å². The third-order valence-corrected chi connectivity index (χ3v) is 4.74. The van der Waals surface area contributed by atoms with Crippen molar-refractivity contribution in [3.8, 4) is 17.2 Å². The van der Waals surface area contributed by atoms with E-state index in [9.17, 15) is 9.59 Å². The standard InChI is InChI=1S/C21H19N3O6S/c1-11-7-19(25)30-17-8-13(3-5-15(11)17)22-21(31)24-23-20(26)12(2)29-14-4-6-16-18(9-14)28-10-27-16/h3-9,12H,10H2,1-2H3,(H,23,26)(H2,22,24,31). The summed E-state index contributed by atoms with van der Waals surface area (Å²) >= 11 is 5.20. The maximum atomic E-state index is 12.3. The topological polar surface area (TPSA) is 111 Å². The third kappa shape index (κ3) is 4.69. The van der Waals surface area contributed by atoms with Crippen LogP contribution in [0.25, 0.3) is 11.0 Å². The molecule has 9 nitrogen and oxygen atoms in total. The molecule has 0 saturated heterocycles. The molecule has 1 aliphatic rings. The van der Waals surface area contributed by atoms with Gasteiger partial charge in [-0.3, -0.25) is 15.6 Å². The Kier molecular flexibility index (Phi) is 5.63. The van der Waals surface area contributed by atoms with Crippen LogP contribution in [0.15, 0.2) is 51.7 Å². The number of carbonyl (C=O) groups is 1. The number of hydrogen-bond donors (Lipinski definition) is 3. The van der Waals surface area contributed by atoms with Crippen LogP contribution < -0.4 is 36.0 Å². The van der Waals surface area contributed by atoms with Gasteiger partial charge in [0.2, 0.25) is 6.79 Å². The van der Waals surface area contributed by atoms with E-state index in [0.29, 0.717) is 28.5 Å². The van der Waals surface area contributed by atoms with Gasteiger partial charge in [0.1, 0.15) is 11.3 Å². The van der Waals surface area contributed by atoms with Gasteiger partial charge in [0.05, 0.1) is 0 Å². The third-order valence-electron chi connectivity index (χ3n) is 4.53. The fourth-order valence-corrected chi connectivity index (χ4v) is 3.16. The molecular weight excluding hydrogens is 422 g/mol. The summed E-state index contributed by atoms with van der Waals surface area (Å²) in [5, 5.41) is 3.89. The van der Waals surface area contributed by atoms with Crippen LogP contribution >= 0.6 is 12.2 Å². The molecule has 4 rings (SSSR count). The molecule has 0 spiro atoms. The molecule has 1 aromatic heterocycles. The van der Waals surface area contributed by atoms with E-state index in [1.807, 2.05) is 13.0 Å². The largest absolute Gasteiger partial charge is 0.481 e. The summed E-state index contributed by atoms with van der Waals surface area (Å²) < 4.78 is 21.4. The van der Waals surface area contributed by atoms with Gasteiger partial charge in [-0.05, 0) is 55.9 Å². The van der Waals surface area contributed by atoms with Crippen LogP contribution in [0.5, 0.6) is 17.2 Å². The van der Waals surface area contributed by atoms with Crippen molar-refractivity contribution in [2.75, 3.05) is 12.1 Å². The number of rotatable bonds is 4. The Bertz CT molecular complexity index is 1230. The van der Waals surface area contributed by atoms with Crippen LogP contribution in [0.3, 0.4) is 0 Å². The highest BCUT2D eigenvalue weighted by molar-refractivity contribution is 7.80. The van der Waals surface area contributed by atoms with E-state index in [2.05, 4.69) is 16.2 Å². The summed E-state index contributed by atoms with van der Waals surface area (Å²) in [6, 6.07) is 11.8. The number of anilines is 1. The van der Waals surface area contributed by atoms with E-state index in [4.69, 9.17) is 30.8 Å². The van der Waals surface area contributed by atoms with E-state index < -0.39 is 17.6 Å². The molecule has 2 aromatic carbocycles. The number of hydrazine groups is 1. The first-order chi connectivity index (χ1) is 14.9. The highest BCUT2D eigenvalue weighted by Gasteiger charge is 2.18. The zero-order chi connectivity index (χ0) is 22.0. The number of ether oxygens (including phenoxy) is 3. The minimum atomic E-state index is -0.798. The van der Waals surface area contributed by atoms with E-state index in [0.717, 1.165) is 10.9 Å². The normalized spacial score (nSPS) is 12.8. The quantitative estimate of drug-likeness (QED) is 0.320. The van der Waals surface area contributed by atoms with Crippen molar-refractivity contribution in [3.05, 3.63) is 58.4 Å². The SMILES string of the molecule is Cc1cc(=O)oc2cc(NC(=S)NNC(=O)C(C)Oc3ccc4c(c3)OCO4)ccc12. The van der Waals surface area contributed by atoms with Crippen molar-refractivity contribution in [2.24, 2.45) is 0 Å². The van der Waals surface area contributed by atoms with Crippen molar-refractivity contribution in [1.29, 1.82) is 0 Å². The Hall–Kier alpha value is -3.79. The van der Waals surface area contributed by atoms with Gasteiger partial charge in [0.15, 0.2) is 22.7 Å². The first-order valence-electron chi connectivity index (χ1n) is 9.37. The summed E-state index contributed by atoms with van der Waals surface area (Å²) in [7, 11) is 0. The van der Waals surface area contributed by atoms with Gasteiger partial charge in [-0.1, -0.05) is 0 Å². The smallest absolute Gasteiger partial charge is 0.336 e. The minimum absolute atomic E-state index is 0.151. The minimum Gasteiger partial charge on any atom is -0.481 e. The number of hydrogen-bond acceptors (Lipinski definition) is 7. The van der Waals surface area contributed by atoms with Crippen LogP contribution in [0.2, 0.25) is 0 Å². The van der Waals surface area contributed by atoms with Crippen LogP contribution in [-0.2, 0) is 4.79 Å². The average molecular weight is 441 g/mol. The predicted octanol–water partition coefficient (Wildman–Crippen LogP) is 2.62. The second-order valence-electron chi connectivity index (χ2n) is 6.80. The van der Waals surface area contributed by atoms with Crippen molar-refractivity contribution in [3.63, 3.8) is 0 Å². The van der Waals surface area contributed by atoms with Crippen molar-refractivity contribution < 1.29 is 23.4 Å². The highest BCUT2D eigenvalue weighted by atomic mass is 32.1. The van der Waals surface area contributed by atoms with Crippen LogP contribution in [0.1, 0.15) is 12.5 Å². The molecule has 2 heterocycles. The molecule has 0 fully saturated rings. The second-order valence-corrected chi connectivity index (χ2v) is 7.21. The maximum Gasteiger partial charge on any atom is 0.336 e.